The number of nitrogens with zero attached hydrogens (tertiary/aromatic N) is 2. The number of fused-ring (bicyclic) bond motifs is 1. The molecular formula is C19H22BrN3O2. The van der Waals surface area contributed by atoms with Crippen molar-refractivity contribution in [3.63, 3.8) is 0 Å². The van der Waals surface area contributed by atoms with E-state index in [1.807, 2.05) is 55.4 Å². The van der Waals surface area contributed by atoms with Crippen LogP contribution in [-0.4, -0.2) is 55.3 Å². The van der Waals surface area contributed by atoms with Crippen molar-refractivity contribution >= 4 is 44.2 Å². The lowest BCUT2D eigenvalue weighted by Gasteiger charge is -2.19. The number of hydrogen-bond acceptors (Lipinski definition) is 3. The number of likely N-dealkylation sites (tertiary alicyclic amines) is 1. The predicted molar refractivity (Wildman–Crippen MR) is 104 cm³/mol. The standard InChI is InChI=1S/C19H22BrN3O2/c1-22(2)9-10-23-12-13(11-18(23)24)19(25)21-17-8-7-16(20)14-5-3-4-6-15(14)17/h3-8,13H,9-12H2,1-2H3,(H,21,25). The minimum absolute atomic E-state index is 0.0580. The molecule has 1 N–H and O–H groups in total. The van der Waals surface area contributed by atoms with Crippen LogP contribution in [0.25, 0.3) is 10.8 Å². The molecule has 1 heterocycles. The van der Waals surface area contributed by atoms with E-state index in [0.717, 1.165) is 27.5 Å². The fourth-order valence-electron chi connectivity index (χ4n) is 3.09. The van der Waals surface area contributed by atoms with Crippen LogP contribution in [0.5, 0.6) is 0 Å². The number of benzene rings is 2. The monoisotopic (exact) mass is 403 g/mol. The highest BCUT2D eigenvalue weighted by atomic mass is 79.9. The Bertz CT molecular complexity index is 806. The number of nitrogens with one attached hydrogen (secondary N) is 1. The summed E-state index contributed by atoms with van der Waals surface area (Å²) >= 11 is 3.54. The molecule has 1 unspecified atom stereocenters. The normalized spacial score (nSPS) is 17.5. The highest BCUT2D eigenvalue weighted by Gasteiger charge is 2.34. The van der Waals surface area contributed by atoms with Crippen LogP contribution in [0.2, 0.25) is 0 Å². The van der Waals surface area contributed by atoms with Crippen molar-refractivity contribution in [3.05, 3.63) is 40.9 Å². The van der Waals surface area contributed by atoms with E-state index >= 15 is 0 Å². The van der Waals surface area contributed by atoms with Gasteiger partial charge in [0.05, 0.1) is 5.92 Å². The van der Waals surface area contributed by atoms with Crippen LogP contribution in [0.15, 0.2) is 40.9 Å². The first kappa shape index (κ1) is 17.9. The van der Waals surface area contributed by atoms with E-state index in [9.17, 15) is 9.59 Å². The number of hydrogen-bond donors (Lipinski definition) is 1. The van der Waals surface area contributed by atoms with E-state index < -0.39 is 0 Å². The first-order chi connectivity index (χ1) is 12.0. The second-order valence-corrected chi connectivity index (χ2v) is 7.53. The lowest BCUT2D eigenvalue weighted by molar-refractivity contribution is -0.128. The Labute approximate surface area is 156 Å². The molecule has 2 amide bonds. The maximum Gasteiger partial charge on any atom is 0.229 e. The third-order valence-electron chi connectivity index (χ3n) is 4.53. The predicted octanol–water partition coefficient (Wildman–Crippen LogP) is 2.95. The number of amides is 2. The first-order valence-corrected chi connectivity index (χ1v) is 9.15. The average Bonchev–Trinajstić information content (AvgIpc) is 2.97. The van der Waals surface area contributed by atoms with Gasteiger partial charge in [-0.2, -0.15) is 0 Å². The van der Waals surface area contributed by atoms with Crippen molar-refractivity contribution in [3.8, 4) is 0 Å². The molecule has 1 atom stereocenters. The summed E-state index contributed by atoms with van der Waals surface area (Å²) in [4.78, 5) is 28.6. The van der Waals surface area contributed by atoms with Crippen LogP contribution in [0.4, 0.5) is 5.69 Å². The molecule has 1 saturated heterocycles. The van der Waals surface area contributed by atoms with Crippen LogP contribution in [0.1, 0.15) is 6.42 Å². The van der Waals surface area contributed by atoms with Crippen molar-refractivity contribution < 1.29 is 9.59 Å². The zero-order chi connectivity index (χ0) is 18.0. The highest BCUT2D eigenvalue weighted by Crippen LogP contribution is 2.30. The lowest BCUT2D eigenvalue weighted by Crippen LogP contribution is -2.34. The van der Waals surface area contributed by atoms with Crippen LogP contribution in [0.3, 0.4) is 0 Å². The number of likely N-dealkylation sites (N-methyl/N-ethyl adjacent to an activating group) is 1. The molecule has 0 saturated carbocycles. The average molecular weight is 404 g/mol. The molecule has 1 fully saturated rings. The van der Waals surface area contributed by atoms with Crippen LogP contribution in [0, 0.1) is 5.92 Å². The van der Waals surface area contributed by atoms with Crippen LogP contribution >= 0.6 is 15.9 Å². The molecule has 5 nitrogen and oxygen atoms in total. The van der Waals surface area contributed by atoms with Gasteiger partial charge in [0.1, 0.15) is 0 Å². The van der Waals surface area contributed by atoms with Gasteiger partial charge >= 0.3 is 0 Å². The van der Waals surface area contributed by atoms with Crippen molar-refractivity contribution in [1.82, 2.24) is 9.80 Å². The maximum atomic E-state index is 12.7. The second kappa shape index (κ2) is 7.54. The minimum atomic E-state index is -0.294. The smallest absolute Gasteiger partial charge is 0.229 e. The maximum absolute atomic E-state index is 12.7. The quantitative estimate of drug-likeness (QED) is 0.834. The van der Waals surface area contributed by atoms with E-state index in [4.69, 9.17) is 0 Å². The first-order valence-electron chi connectivity index (χ1n) is 8.36. The highest BCUT2D eigenvalue weighted by molar-refractivity contribution is 9.10. The second-order valence-electron chi connectivity index (χ2n) is 6.67. The van der Waals surface area contributed by atoms with Gasteiger partial charge in [-0.05, 0) is 31.6 Å². The molecule has 2 aromatic carbocycles. The largest absolute Gasteiger partial charge is 0.341 e. The van der Waals surface area contributed by atoms with Crippen LogP contribution in [-0.2, 0) is 9.59 Å². The molecule has 2 aromatic rings. The zero-order valence-corrected chi connectivity index (χ0v) is 16.0. The number of carbonyl (C=O) groups excluding carboxylic acids is 2. The summed E-state index contributed by atoms with van der Waals surface area (Å²) in [6.45, 7) is 1.96. The molecule has 0 aliphatic carbocycles. The van der Waals surface area contributed by atoms with Crippen molar-refractivity contribution in [2.45, 2.75) is 6.42 Å². The van der Waals surface area contributed by atoms with E-state index in [0.29, 0.717) is 13.1 Å². The van der Waals surface area contributed by atoms with Gasteiger partial charge in [0, 0.05) is 41.6 Å². The molecule has 3 rings (SSSR count). The molecule has 132 valence electrons. The van der Waals surface area contributed by atoms with Crippen molar-refractivity contribution in [1.29, 1.82) is 0 Å². The van der Waals surface area contributed by atoms with Crippen molar-refractivity contribution in [2.75, 3.05) is 39.0 Å². The Hall–Kier alpha value is -1.92. The topological polar surface area (TPSA) is 52.6 Å². The fourth-order valence-corrected chi connectivity index (χ4v) is 3.57. The van der Waals surface area contributed by atoms with Crippen LogP contribution < -0.4 is 5.32 Å². The van der Waals surface area contributed by atoms with E-state index in [2.05, 4.69) is 21.2 Å². The Morgan fingerprint density at radius 1 is 1.24 bits per heavy atom. The molecule has 1 aliphatic rings. The van der Waals surface area contributed by atoms with E-state index in [1.54, 1.807) is 4.90 Å². The van der Waals surface area contributed by atoms with Gasteiger partial charge in [0.15, 0.2) is 0 Å². The third kappa shape index (κ3) is 4.02. The SMILES string of the molecule is CN(C)CCN1CC(C(=O)Nc2ccc(Br)c3ccccc23)CC1=O. The summed E-state index contributed by atoms with van der Waals surface area (Å²) in [6.07, 6.45) is 0.285. The number of halogens is 1. The zero-order valence-electron chi connectivity index (χ0n) is 14.5. The summed E-state index contributed by atoms with van der Waals surface area (Å²) in [5.74, 6) is -0.326. The van der Waals surface area contributed by atoms with Gasteiger partial charge in [0.2, 0.25) is 11.8 Å². The molecular weight excluding hydrogens is 382 g/mol. The van der Waals surface area contributed by atoms with Gasteiger partial charge in [-0.25, -0.2) is 0 Å². The molecule has 0 bridgehead atoms. The number of anilines is 1. The summed E-state index contributed by atoms with van der Waals surface area (Å²) in [7, 11) is 3.95. The Kier molecular flexibility index (Phi) is 5.39. The fraction of sp³-hybridized carbons (Fsp3) is 0.368. The van der Waals surface area contributed by atoms with Gasteiger partial charge in [-0.15, -0.1) is 0 Å². The molecule has 1 aliphatic heterocycles. The third-order valence-corrected chi connectivity index (χ3v) is 5.22. The van der Waals surface area contributed by atoms with Gasteiger partial charge in [0.25, 0.3) is 0 Å². The van der Waals surface area contributed by atoms with Gasteiger partial charge in [-0.1, -0.05) is 40.2 Å². The summed E-state index contributed by atoms with van der Waals surface area (Å²) in [6, 6.07) is 11.7. The molecule has 0 aromatic heterocycles. The molecule has 0 radical (unpaired) electrons. The molecule has 6 heteroatoms. The molecule has 0 spiro atoms. The van der Waals surface area contributed by atoms with Gasteiger partial charge in [-0.3, -0.25) is 9.59 Å². The Morgan fingerprint density at radius 3 is 2.68 bits per heavy atom. The lowest BCUT2D eigenvalue weighted by atomic mass is 10.1. The number of carbonyl (C=O) groups is 2. The Balaban J connectivity index is 1.71. The van der Waals surface area contributed by atoms with E-state index in [1.165, 1.54) is 0 Å². The summed E-state index contributed by atoms with van der Waals surface area (Å²) in [5.41, 5.74) is 0.781. The minimum Gasteiger partial charge on any atom is -0.341 e. The summed E-state index contributed by atoms with van der Waals surface area (Å²) in [5, 5.41) is 5.05. The van der Waals surface area contributed by atoms with E-state index in [-0.39, 0.29) is 24.2 Å². The number of rotatable bonds is 5. The van der Waals surface area contributed by atoms with Crippen molar-refractivity contribution in [2.24, 2.45) is 5.92 Å². The van der Waals surface area contributed by atoms with Gasteiger partial charge < -0.3 is 15.1 Å². The molecule has 25 heavy (non-hydrogen) atoms. The Morgan fingerprint density at radius 2 is 1.96 bits per heavy atom. The summed E-state index contributed by atoms with van der Waals surface area (Å²) < 4.78 is 0.993.